The van der Waals surface area contributed by atoms with E-state index < -0.39 is 0 Å². The molecule has 0 fully saturated rings. The van der Waals surface area contributed by atoms with Crippen LogP contribution in [-0.4, -0.2) is 4.98 Å². The molecule has 0 bridgehead atoms. The predicted molar refractivity (Wildman–Crippen MR) is 55.1 cm³/mol. The van der Waals surface area contributed by atoms with E-state index >= 15 is 0 Å². The summed E-state index contributed by atoms with van der Waals surface area (Å²) in [5, 5.41) is 2.79. The van der Waals surface area contributed by atoms with E-state index in [0.717, 1.165) is 11.3 Å². The molecule has 2 rings (SSSR count). The fourth-order valence-electron chi connectivity index (χ4n) is 1.22. The second-order valence-corrected chi connectivity index (χ2v) is 2.86. The zero-order valence-corrected chi connectivity index (χ0v) is 7.42. The maximum absolute atomic E-state index is 10.2. The zero-order chi connectivity index (χ0) is 9.80. The van der Waals surface area contributed by atoms with Crippen molar-refractivity contribution in [3.63, 3.8) is 0 Å². The van der Waals surface area contributed by atoms with Gasteiger partial charge in [-0.15, -0.1) is 4.91 Å². The van der Waals surface area contributed by atoms with Crippen molar-refractivity contribution in [1.29, 1.82) is 0 Å². The minimum absolute atomic E-state index is 0.352. The minimum Gasteiger partial charge on any atom is -0.254 e. The Morgan fingerprint density at radius 3 is 2.36 bits per heavy atom. The molecule has 0 N–H and O–H groups in total. The van der Waals surface area contributed by atoms with Crippen molar-refractivity contribution in [1.82, 2.24) is 4.98 Å². The Morgan fingerprint density at radius 1 is 1.00 bits per heavy atom. The summed E-state index contributed by atoms with van der Waals surface area (Å²) in [5.74, 6) is 0. The van der Waals surface area contributed by atoms with Crippen LogP contribution in [0.15, 0.2) is 53.8 Å². The number of nitroso groups, excluding NO2 is 1. The van der Waals surface area contributed by atoms with Gasteiger partial charge >= 0.3 is 0 Å². The first kappa shape index (κ1) is 8.56. The highest BCUT2D eigenvalue weighted by Crippen LogP contribution is 2.18. The molecular weight excluding hydrogens is 176 g/mol. The first-order valence-corrected chi connectivity index (χ1v) is 4.25. The monoisotopic (exact) mass is 184 g/mol. The molecule has 2 aromatic rings. The fourth-order valence-corrected chi connectivity index (χ4v) is 1.22. The molecular formula is C11H8N2O. The van der Waals surface area contributed by atoms with Crippen LogP contribution in [0.1, 0.15) is 0 Å². The van der Waals surface area contributed by atoms with Gasteiger partial charge in [-0.1, -0.05) is 30.3 Å². The van der Waals surface area contributed by atoms with E-state index in [1.807, 2.05) is 30.3 Å². The molecule has 1 heterocycles. The third-order valence-corrected chi connectivity index (χ3v) is 1.92. The molecule has 0 aliphatic heterocycles. The lowest BCUT2D eigenvalue weighted by atomic mass is 10.1. The maximum atomic E-state index is 10.2. The molecule has 3 nitrogen and oxygen atoms in total. The Labute approximate surface area is 81.4 Å². The average molecular weight is 184 g/mol. The van der Waals surface area contributed by atoms with Gasteiger partial charge in [0.15, 0.2) is 0 Å². The maximum Gasteiger partial charge on any atom is 0.126 e. The van der Waals surface area contributed by atoms with Gasteiger partial charge in [0.2, 0.25) is 0 Å². The van der Waals surface area contributed by atoms with Crippen molar-refractivity contribution in [2.24, 2.45) is 5.18 Å². The van der Waals surface area contributed by atoms with Crippen LogP contribution in [0.5, 0.6) is 0 Å². The summed E-state index contributed by atoms with van der Waals surface area (Å²) in [7, 11) is 0. The molecule has 0 aliphatic rings. The highest BCUT2D eigenvalue weighted by molar-refractivity contribution is 5.60. The standard InChI is InChI=1S/C11H8N2O/c14-13-10-6-7-11(12-8-10)9-4-2-1-3-5-9/h1-8H. The Kier molecular flexibility index (Phi) is 2.32. The normalized spacial score (nSPS) is 9.71. The Balaban J connectivity index is 2.39. The van der Waals surface area contributed by atoms with Gasteiger partial charge in [0.25, 0.3) is 0 Å². The van der Waals surface area contributed by atoms with Crippen molar-refractivity contribution < 1.29 is 0 Å². The summed E-state index contributed by atoms with van der Waals surface area (Å²) in [5.41, 5.74) is 2.23. The largest absolute Gasteiger partial charge is 0.254 e. The van der Waals surface area contributed by atoms with Crippen molar-refractivity contribution in [3.05, 3.63) is 53.6 Å². The molecule has 0 saturated carbocycles. The van der Waals surface area contributed by atoms with Gasteiger partial charge in [0.05, 0.1) is 11.9 Å². The van der Waals surface area contributed by atoms with E-state index in [-0.39, 0.29) is 0 Å². The van der Waals surface area contributed by atoms with E-state index in [1.165, 1.54) is 6.20 Å². The Bertz CT molecular complexity index is 423. The zero-order valence-electron chi connectivity index (χ0n) is 7.42. The molecule has 0 atom stereocenters. The summed E-state index contributed by atoms with van der Waals surface area (Å²) in [6.45, 7) is 0. The van der Waals surface area contributed by atoms with Gasteiger partial charge in [-0.3, -0.25) is 4.98 Å². The highest BCUT2D eigenvalue weighted by atomic mass is 16.3. The minimum atomic E-state index is 0.352. The lowest BCUT2D eigenvalue weighted by Crippen LogP contribution is -1.80. The van der Waals surface area contributed by atoms with E-state index in [4.69, 9.17) is 0 Å². The summed E-state index contributed by atoms with van der Waals surface area (Å²) in [6, 6.07) is 13.2. The van der Waals surface area contributed by atoms with Gasteiger partial charge < -0.3 is 0 Å². The first-order chi connectivity index (χ1) is 6.90. The summed E-state index contributed by atoms with van der Waals surface area (Å²) in [6.07, 6.45) is 1.47. The van der Waals surface area contributed by atoms with Crippen LogP contribution in [-0.2, 0) is 0 Å². The molecule has 14 heavy (non-hydrogen) atoms. The summed E-state index contributed by atoms with van der Waals surface area (Å²) < 4.78 is 0. The molecule has 1 aromatic heterocycles. The van der Waals surface area contributed by atoms with Crippen LogP contribution in [0.3, 0.4) is 0 Å². The highest BCUT2D eigenvalue weighted by Gasteiger charge is 1.97. The van der Waals surface area contributed by atoms with Gasteiger partial charge in [0, 0.05) is 5.56 Å². The van der Waals surface area contributed by atoms with Crippen LogP contribution in [0.25, 0.3) is 11.3 Å². The fraction of sp³-hybridized carbons (Fsp3) is 0. The number of aromatic nitrogens is 1. The van der Waals surface area contributed by atoms with Crippen molar-refractivity contribution in [2.45, 2.75) is 0 Å². The summed E-state index contributed by atoms with van der Waals surface area (Å²) >= 11 is 0. The molecule has 0 aliphatic carbocycles. The van der Waals surface area contributed by atoms with E-state index in [0.29, 0.717) is 5.69 Å². The molecule has 0 radical (unpaired) electrons. The van der Waals surface area contributed by atoms with E-state index in [9.17, 15) is 4.91 Å². The quantitative estimate of drug-likeness (QED) is 0.673. The van der Waals surface area contributed by atoms with Gasteiger partial charge in [0.1, 0.15) is 5.69 Å². The Morgan fingerprint density at radius 2 is 1.79 bits per heavy atom. The predicted octanol–water partition coefficient (Wildman–Crippen LogP) is 3.15. The first-order valence-electron chi connectivity index (χ1n) is 4.25. The molecule has 0 amide bonds. The summed E-state index contributed by atoms with van der Waals surface area (Å²) in [4.78, 5) is 14.3. The molecule has 3 heteroatoms. The van der Waals surface area contributed by atoms with Crippen LogP contribution >= 0.6 is 0 Å². The number of benzene rings is 1. The van der Waals surface area contributed by atoms with E-state index in [2.05, 4.69) is 10.2 Å². The van der Waals surface area contributed by atoms with Gasteiger partial charge in [-0.25, -0.2) is 0 Å². The Hall–Kier alpha value is -2.03. The third-order valence-electron chi connectivity index (χ3n) is 1.92. The van der Waals surface area contributed by atoms with Gasteiger partial charge in [-0.05, 0) is 17.3 Å². The van der Waals surface area contributed by atoms with Crippen LogP contribution in [0, 0.1) is 4.91 Å². The van der Waals surface area contributed by atoms with E-state index in [1.54, 1.807) is 12.1 Å². The number of rotatable bonds is 2. The lowest BCUT2D eigenvalue weighted by molar-refractivity contribution is 1.30. The second kappa shape index (κ2) is 3.79. The molecule has 1 aromatic carbocycles. The third kappa shape index (κ3) is 1.66. The lowest BCUT2D eigenvalue weighted by Gasteiger charge is -1.98. The topological polar surface area (TPSA) is 42.3 Å². The number of hydrogen-bond donors (Lipinski definition) is 0. The molecule has 0 saturated heterocycles. The number of hydrogen-bond acceptors (Lipinski definition) is 3. The number of nitrogens with zero attached hydrogens (tertiary/aromatic N) is 2. The molecule has 0 unspecified atom stereocenters. The SMILES string of the molecule is O=Nc1ccc(-c2ccccc2)nc1. The van der Waals surface area contributed by atoms with Crippen LogP contribution in [0.2, 0.25) is 0 Å². The molecule has 68 valence electrons. The van der Waals surface area contributed by atoms with Crippen LogP contribution < -0.4 is 0 Å². The van der Waals surface area contributed by atoms with Crippen LogP contribution in [0.4, 0.5) is 5.69 Å². The van der Waals surface area contributed by atoms with Crippen molar-refractivity contribution in [3.8, 4) is 11.3 Å². The van der Waals surface area contributed by atoms with Crippen molar-refractivity contribution in [2.75, 3.05) is 0 Å². The smallest absolute Gasteiger partial charge is 0.126 e. The molecule has 0 spiro atoms. The second-order valence-electron chi connectivity index (χ2n) is 2.86. The average Bonchev–Trinajstić information content (AvgIpc) is 2.30. The number of pyridine rings is 1. The van der Waals surface area contributed by atoms with Gasteiger partial charge in [-0.2, -0.15) is 0 Å². The van der Waals surface area contributed by atoms with Crippen molar-refractivity contribution >= 4 is 5.69 Å².